The highest BCUT2D eigenvalue weighted by atomic mass is 16.5. The number of ether oxygens (including phenoxy) is 1. The van der Waals surface area contributed by atoms with Gasteiger partial charge in [-0.2, -0.15) is 0 Å². The molecule has 1 unspecified atom stereocenters. The third-order valence-corrected chi connectivity index (χ3v) is 3.72. The first-order valence-electron chi connectivity index (χ1n) is 8.63. The molecule has 0 fully saturated rings. The fourth-order valence-corrected chi connectivity index (χ4v) is 2.52. The number of aliphatic carboxylic acids is 1. The second-order valence-electron chi connectivity index (χ2n) is 6.34. The molecule has 2 rings (SSSR count). The molecular formula is C20H24N2O4. The number of pyridine rings is 1. The van der Waals surface area contributed by atoms with Crippen molar-refractivity contribution in [3.05, 3.63) is 59.8 Å². The van der Waals surface area contributed by atoms with Crippen molar-refractivity contribution in [3.8, 4) is 5.88 Å². The average molecular weight is 356 g/mol. The number of nitrogens with zero attached hydrogens (tertiary/aromatic N) is 1. The smallest absolute Gasteiger partial charge is 0.303 e. The Balaban J connectivity index is 2.03. The molecule has 1 atom stereocenters. The molecule has 0 aliphatic heterocycles. The summed E-state index contributed by atoms with van der Waals surface area (Å²) >= 11 is 0. The molecule has 6 nitrogen and oxygen atoms in total. The molecule has 0 aliphatic carbocycles. The number of benzene rings is 1. The second kappa shape index (κ2) is 9.56. The van der Waals surface area contributed by atoms with Crippen molar-refractivity contribution in [2.75, 3.05) is 0 Å². The zero-order valence-corrected chi connectivity index (χ0v) is 15.0. The molecule has 0 saturated heterocycles. The monoisotopic (exact) mass is 356 g/mol. The van der Waals surface area contributed by atoms with Crippen molar-refractivity contribution in [1.29, 1.82) is 0 Å². The number of nitrogens with one attached hydrogen (secondary N) is 1. The number of rotatable bonds is 9. The van der Waals surface area contributed by atoms with E-state index in [2.05, 4.69) is 10.3 Å². The molecule has 1 aromatic heterocycles. The second-order valence-corrected chi connectivity index (χ2v) is 6.34. The van der Waals surface area contributed by atoms with Crippen LogP contribution in [0.1, 0.15) is 42.6 Å². The zero-order valence-electron chi connectivity index (χ0n) is 15.0. The number of carbonyl (C=O) groups is 2. The van der Waals surface area contributed by atoms with Crippen LogP contribution in [-0.4, -0.2) is 34.1 Å². The van der Waals surface area contributed by atoms with Crippen molar-refractivity contribution in [3.63, 3.8) is 0 Å². The molecule has 1 amide bonds. The topological polar surface area (TPSA) is 88.5 Å². The highest BCUT2D eigenvalue weighted by molar-refractivity contribution is 5.94. The Morgan fingerprint density at radius 3 is 2.46 bits per heavy atom. The number of carbonyl (C=O) groups excluding carboxylic acids is 1. The van der Waals surface area contributed by atoms with Gasteiger partial charge in [-0.15, -0.1) is 0 Å². The number of carboxylic acids is 1. The SMILES string of the molecule is CC(C)Oc1ccc(C(=O)NC(CCC(=O)O)Cc2ccccc2)cn1. The molecule has 2 aromatic rings. The van der Waals surface area contributed by atoms with E-state index in [-0.39, 0.29) is 24.5 Å². The van der Waals surface area contributed by atoms with Crippen LogP contribution in [-0.2, 0) is 11.2 Å². The van der Waals surface area contributed by atoms with Crippen LogP contribution in [0.15, 0.2) is 48.7 Å². The van der Waals surface area contributed by atoms with Gasteiger partial charge in [-0.25, -0.2) is 4.98 Å². The predicted molar refractivity (Wildman–Crippen MR) is 98.3 cm³/mol. The predicted octanol–water partition coefficient (Wildman–Crippen LogP) is 3.07. The molecule has 2 N–H and O–H groups in total. The van der Waals surface area contributed by atoms with Crippen LogP contribution in [0.25, 0.3) is 0 Å². The first-order chi connectivity index (χ1) is 12.4. The standard InChI is InChI=1S/C20H24N2O4/c1-14(2)26-18-10-8-16(13-21-18)20(25)22-17(9-11-19(23)24)12-15-6-4-3-5-7-15/h3-8,10,13-14,17H,9,11-12H2,1-2H3,(H,22,25)(H,23,24). The van der Waals surface area contributed by atoms with E-state index in [4.69, 9.17) is 9.84 Å². The Bertz CT molecular complexity index is 714. The Kier molecular flexibility index (Phi) is 7.14. The lowest BCUT2D eigenvalue weighted by molar-refractivity contribution is -0.137. The maximum Gasteiger partial charge on any atom is 0.303 e. The highest BCUT2D eigenvalue weighted by Crippen LogP contribution is 2.12. The lowest BCUT2D eigenvalue weighted by atomic mass is 10.0. The summed E-state index contributed by atoms with van der Waals surface area (Å²) in [4.78, 5) is 27.5. The number of hydrogen-bond acceptors (Lipinski definition) is 4. The Morgan fingerprint density at radius 2 is 1.88 bits per heavy atom. The Labute approximate surface area is 153 Å². The van der Waals surface area contributed by atoms with Crippen molar-refractivity contribution in [1.82, 2.24) is 10.3 Å². The van der Waals surface area contributed by atoms with E-state index in [1.54, 1.807) is 12.1 Å². The fraction of sp³-hybridized carbons (Fsp3) is 0.350. The van der Waals surface area contributed by atoms with Gasteiger partial charge in [-0.3, -0.25) is 9.59 Å². The first-order valence-corrected chi connectivity index (χ1v) is 8.63. The summed E-state index contributed by atoms with van der Waals surface area (Å²) in [5, 5.41) is 11.9. The van der Waals surface area contributed by atoms with Crippen LogP contribution >= 0.6 is 0 Å². The molecular weight excluding hydrogens is 332 g/mol. The molecule has 0 bridgehead atoms. The van der Waals surface area contributed by atoms with Crippen LogP contribution in [0.5, 0.6) is 5.88 Å². The van der Waals surface area contributed by atoms with Gasteiger partial charge in [0.15, 0.2) is 0 Å². The van der Waals surface area contributed by atoms with Gasteiger partial charge in [-0.1, -0.05) is 30.3 Å². The lowest BCUT2D eigenvalue weighted by Crippen LogP contribution is -2.37. The normalized spacial score (nSPS) is 11.8. The van der Waals surface area contributed by atoms with E-state index in [9.17, 15) is 9.59 Å². The largest absolute Gasteiger partial charge is 0.481 e. The summed E-state index contributed by atoms with van der Waals surface area (Å²) in [5.74, 6) is -0.697. The summed E-state index contributed by atoms with van der Waals surface area (Å²) < 4.78 is 5.47. The van der Waals surface area contributed by atoms with Gasteiger partial charge in [0.25, 0.3) is 5.91 Å². The quantitative estimate of drug-likeness (QED) is 0.721. The molecule has 0 radical (unpaired) electrons. The minimum atomic E-state index is -0.880. The van der Waals surface area contributed by atoms with E-state index in [0.29, 0.717) is 24.3 Å². The van der Waals surface area contributed by atoms with Crippen molar-refractivity contribution in [2.45, 2.75) is 45.3 Å². The van der Waals surface area contributed by atoms with Gasteiger partial charge >= 0.3 is 5.97 Å². The molecule has 26 heavy (non-hydrogen) atoms. The van der Waals surface area contributed by atoms with Crippen LogP contribution in [0.3, 0.4) is 0 Å². The van der Waals surface area contributed by atoms with Crippen LogP contribution in [0.2, 0.25) is 0 Å². The van der Waals surface area contributed by atoms with E-state index in [1.807, 2.05) is 44.2 Å². The average Bonchev–Trinajstić information content (AvgIpc) is 2.60. The summed E-state index contributed by atoms with van der Waals surface area (Å²) in [7, 11) is 0. The number of amides is 1. The fourth-order valence-electron chi connectivity index (χ4n) is 2.52. The molecule has 1 aromatic carbocycles. The summed E-state index contributed by atoms with van der Waals surface area (Å²) in [5.41, 5.74) is 1.46. The maximum absolute atomic E-state index is 12.5. The van der Waals surface area contributed by atoms with Crippen molar-refractivity contribution < 1.29 is 19.4 Å². The number of aromatic nitrogens is 1. The number of hydrogen-bond donors (Lipinski definition) is 2. The molecule has 138 valence electrons. The number of carboxylic acid groups (broad SMARTS) is 1. The van der Waals surface area contributed by atoms with Gasteiger partial charge in [0.1, 0.15) is 0 Å². The molecule has 0 saturated carbocycles. The molecule has 1 heterocycles. The third-order valence-electron chi connectivity index (χ3n) is 3.72. The van der Waals surface area contributed by atoms with Crippen molar-refractivity contribution in [2.24, 2.45) is 0 Å². The van der Waals surface area contributed by atoms with Gasteiger partial charge in [0.05, 0.1) is 11.7 Å². The van der Waals surface area contributed by atoms with Crippen LogP contribution < -0.4 is 10.1 Å². The highest BCUT2D eigenvalue weighted by Gasteiger charge is 2.16. The van der Waals surface area contributed by atoms with Gasteiger partial charge in [0, 0.05) is 24.7 Å². The van der Waals surface area contributed by atoms with E-state index in [1.165, 1.54) is 6.20 Å². The third kappa shape index (κ3) is 6.55. The molecule has 0 aliphatic rings. The van der Waals surface area contributed by atoms with Crippen LogP contribution in [0.4, 0.5) is 0 Å². The summed E-state index contributed by atoms with van der Waals surface area (Å²) in [6.45, 7) is 3.80. The lowest BCUT2D eigenvalue weighted by Gasteiger charge is -2.18. The van der Waals surface area contributed by atoms with Crippen LogP contribution in [0, 0.1) is 0 Å². The van der Waals surface area contributed by atoms with Crippen molar-refractivity contribution >= 4 is 11.9 Å². The minimum absolute atomic E-state index is 0.00278. The van der Waals surface area contributed by atoms with Gasteiger partial charge in [-0.05, 0) is 38.3 Å². The maximum atomic E-state index is 12.5. The molecule has 6 heteroatoms. The minimum Gasteiger partial charge on any atom is -0.481 e. The van der Waals surface area contributed by atoms with Gasteiger partial charge < -0.3 is 15.2 Å². The molecule has 0 spiro atoms. The zero-order chi connectivity index (χ0) is 18.9. The van der Waals surface area contributed by atoms with E-state index in [0.717, 1.165) is 5.56 Å². The summed E-state index contributed by atoms with van der Waals surface area (Å²) in [6.07, 6.45) is 2.40. The first kappa shape index (κ1) is 19.4. The Hall–Kier alpha value is -2.89. The van der Waals surface area contributed by atoms with E-state index >= 15 is 0 Å². The van der Waals surface area contributed by atoms with Gasteiger partial charge in [0.2, 0.25) is 5.88 Å². The Morgan fingerprint density at radius 1 is 1.15 bits per heavy atom. The van der Waals surface area contributed by atoms with E-state index < -0.39 is 5.97 Å². The summed E-state index contributed by atoms with van der Waals surface area (Å²) in [6, 6.07) is 12.7.